The average Bonchev–Trinajstić information content (AvgIpc) is 2.40. The highest BCUT2D eigenvalue weighted by molar-refractivity contribution is 9.10. The van der Waals surface area contributed by atoms with Crippen LogP contribution in [0.1, 0.15) is 22.1 Å². The van der Waals surface area contributed by atoms with Gasteiger partial charge in [0.2, 0.25) is 0 Å². The number of aliphatic hydroxyl groups excluding tert-OH is 3. The summed E-state index contributed by atoms with van der Waals surface area (Å²) in [5.74, 6) is -0.182. The van der Waals surface area contributed by atoms with E-state index in [1.54, 1.807) is 0 Å². The van der Waals surface area contributed by atoms with Crippen molar-refractivity contribution in [1.29, 1.82) is 0 Å². The first kappa shape index (κ1) is 16.1. The number of aldehydes is 1. The highest BCUT2D eigenvalue weighted by Crippen LogP contribution is 2.34. The zero-order valence-electron chi connectivity index (χ0n) is 10.2. The Hall–Kier alpha value is -0.990. The van der Waals surface area contributed by atoms with Crippen molar-refractivity contribution in [2.75, 3.05) is 26.3 Å². The fourth-order valence-corrected chi connectivity index (χ4v) is 2.21. The Bertz CT molecular complexity index is 434. The van der Waals surface area contributed by atoms with E-state index in [2.05, 4.69) is 15.9 Å². The van der Waals surface area contributed by atoms with Gasteiger partial charge in [0.15, 0.2) is 0 Å². The summed E-state index contributed by atoms with van der Waals surface area (Å²) in [4.78, 5) is 12.2. The van der Waals surface area contributed by atoms with Gasteiger partial charge in [0.05, 0.1) is 17.7 Å². The Morgan fingerprint density at radius 1 is 1.26 bits per heavy atom. The van der Waals surface area contributed by atoms with Gasteiger partial charge in [-0.25, -0.2) is 0 Å². The summed E-state index contributed by atoms with van der Waals surface area (Å²) in [5.41, 5.74) is 0.435. The van der Waals surface area contributed by atoms with Gasteiger partial charge in [-0.05, 0) is 28.1 Å². The third kappa shape index (κ3) is 3.99. The summed E-state index contributed by atoms with van der Waals surface area (Å²) in [6.07, 6.45) is -0.626. The molecule has 4 N–H and O–H groups in total. The summed E-state index contributed by atoms with van der Waals surface area (Å²) in [7, 11) is 0. The van der Waals surface area contributed by atoms with Crippen LogP contribution in [-0.2, 0) is 0 Å². The van der Waals surface area contributed by atoms with Gasteiger partial charge < -0.3 is 20.4 Å². The van der Waals surface area contributed by atoms with Crippen LogP contribution in [0.2, 0.25) is 0 Å². The first-order chi connectivity index (χ1) is 9.04. The second-order valence-corrected chi connectivity index (χ2v) is 4.77. The number of phenolic OH excluding ortho intramolecular Hbond substituents is 1. The number of carbonyl (C=O) groups excluding carboxylic acids is 1. The number of hydrogen-bond acceptors (Lipinski definition) is 6. The van der Waals surface area contributed by atoms with Crippen molar-refractivity contribution < 1.29 is 25.2 Å². The molecule has 1 aromatic rings. The molecule has 0 aromatic heterocycles. The van der Waals surface area contributed by atoms with Crippen molar-refractivity contribution in [2.45, 2.75) is 6.23 Å². The lowest BCUT2D eigenvalue weighted by Gasteiger charge is -2.27. The van der Waals surface area contributed by atoms with Gasteiger partial charge in [0, 0.05) is 24.2 Å². The number of aliphatic hydroxyl groups is 3. The van der Waals surface area contributed by atoms with Crippen molar-refractivity contribution in [2.24, 2.45) is 0 Å². The van der Waals surface area contributed by atoms with Gasteiger partial charge in [-0.1, -0.05) is 0 Å². The molecule has 1 atom stereocenters. The van der Waals surface area contributed by atoms with E-state index in [9.17, 15) is 15.0 Å². The summed E-state index contributed by atoms with van der Waals surface area (Å²) >= 11 is 3.10. The molecule has 0 saturated carbocycles. The standard InChI is InChI=1S/C12H16BrNO5/c13-10-6-8(7-17)5-9(11(10)18)12(19)14(1-3-15)2-4-16/h5-7,12,15-16,18-19H,1-4H2. The first-order valence-corrected chi connectivity index (χ1v) is 6.45. The lowest BCUT2D eigenvalue weighted by atomic mass is 10.1. The van der Waals surface area contributed by atoms with Gasteiger partial charge in [0.1, 0.15) is 18.3 Å². The summed E-state index contributed by atoms with van der Waals surface area (Å²) in [5, 5.41) is 37.9. The molecular formula is C12H16BrNO5. The van der Waals surface area contributed by atoms with Crippen molar-refractivity contribution in [3.05, 3.63) is 27.7 Å². The predicted molar refractivity (Wildman–Crippen MR) is 71.9 cm³/mol. The number of benzene rings is 1. The van der Waals surface area contributed by atoms with Crippen LogP contribution in [0.25, 0.3) is 0 Å². The van der Waals surface area contributed by atoms with Gasteiger partial charge in [0.25, 0.3) is 0 Å². The molecule has 6 nitrogen and oxygen atoms in total. The SMILES string of the molecule is O=Cc1cc(Br)c(O)c(C(O)N(CCO)CCO)c1. The van der Waals surface area contributed by atoms with Crippen molar-refractivity contribution >= 4 is 22.2 Å². The Balaban J connectivity index is 3.11. The van der Waals surface area contributed by atoms with Crippen LogP contribution in [0, 0.1) is 0 Å². The second kappa shape index (κ2) is 7.56. The first-order valence-electron chi connectivity index (χ1n) is 5.66. The molecule has 0 spiro atoms. The number of halogens is 1. The van der Waals surface area contributed by atoms with Crippen molar-refractivity contribution in [3.8, 4) is 5.75 Å². The fourth-order valence-electron chi connectivity index (χ4n) is 1.72. The number of hydrogen-bond donors (Lipinski definition) is 4. The van der Waals surface area contributed by atoms with Gasteiger partial charge >= 0.3 is 0 Å². The molecule has 0 aliphatic heterocycles. The molecule has 0 aliphatic carbocycles. The maximum Gasteiger partial charge on any atom is 0.150 e. The number of carbonyl (C=O) groups is 1. The van der Waals surface area contributed by atoms with Crippen LogP contribution in [-0.4, -0.2) is 57.9 Å². The highest BCUT2D eigenvalue weighted by atomic mass is 79.9. The van der Waals surface area contributed by atoms with E-state index >= 15 is 0 Å². The Labute approximate surface area is 119 Å². The van der Waals surface area contributed by atoms with E-state index in [4.69, 9.17) is 10.2 Å². The molecule has 1 rings (SSSR count). The minimum absolute atomic E-state index is 0.129. The maximum absolute atomic E-state index is 10.8. The van der Waals surface area contributed by atoms with Crippen LogP contribution >= 0.6 is 15.9 Å². The van der Waals surface area contributed by atoms with Crippen LogP contribution in [0.15, 0.2) is 16.6 Å². The van der Waals surface area contributed by atoms with Crippen LogP contribution in [0.4, 0.5) is 0 Å². The Morgan fingerprint density at radius 3 is 2.32 bits per heavy atom. The monoisotopic (exact) mass is 333 g/mol. The van der Waals surface area contributed by atoms with E-state index < -0.39 is 6.23 Å². The second-order valence-electron chi connectivity index (χ2n) is 3.92. The van der Waals surface area contributed by atoms with Gasteiger partial charge in [-0.2, -0.15) is 0 Å². The molecule has 0 radical (unpaired) electrons. The summed E-state index contributed by atoms with van der Waals surface area (Å²) in [6.45, 7) is -0.146. The minimum Gasteiger partial charge on any atom is -0.506 e. The minimum atomic E-state index is -1.23. The normalized spacial score (nSPS) is 12.7. The van der Waals surface area contributed by atoms with Crippen molar-refractivity contribution in [3.63, 3.8) is 0 Å². The zero-order valence-corrected chi connectivity index (χ0v) is 11.7. The predicted octanol–water partition coefficient (Wildman–Crippen LogP) is 0.245. The Kier molecular flexibility index (Phi) is 6.40. The lowest BCUT2D eigenvalue weighted by molar-refractivity contribution is -0.0174. The number of aromatic hydroxyl groups is 1. The summed E-state index contributed by atoms with van der Waals surface area (Å²) in [6, 6.07) is 2.79. The van der Waals surface area contributed by atoms with Crippen molar-refractivity contribution in [1.82, 2.24) is 4.90 Å². The molecule has 0 fully saturated rings. The molecule has 1 aromatic carbocycles. The number of phenols is 1. The molecule has 19 heavy (non-hydrogen) atoms. The molecule has 1 unspecified atom stereocenters. The van der Waals surface area contributed by atoms with Gasteiger partial charge in [-0.3, -0.25) is 9.69 Å². The number of rotatable bonds is 7. The summed E-state index contributed by atoms with van der Waals surface area (Å²) < 4.78 is 0.291. The zero-order chi connectivity index (χ0) is 14.4. The molecule has 0 bridgehead atoms. The van der Waals surface area contributed by atoms with Gasteiger partial charge in [-0.15, -0.1) is 0 Å². The molecule has 0 heterocycles. The highest BCUT2D eigenvalue weighted by Gasteiger charge is 2.22. The third-order valence-electron chi connectivity index (χ3n) is 2.65. The van der Waals surface area contributed by atoms with E-state index in [-0.39, 0.29) is 37.6 Å². The van der Waals surface area contributed by atoms with E-state index in [1.807, 2.05) is 0 Å². The largest absolute Gasteiger partial charge is 0.506 e. The molecule has 0 aliphatic rings. The molecule has 0 saturated heterocycles. The molecular weight excluding hydrogens is 318 g/mol. The quantitative estimate of drug-likeness (QED) is 0.421. The molecule has 7 heteroatoms. The molecule has 106 valence electrons. The van der Waals surface area contributed by atoms with E-state index in [1.165, 1.54) is 17.0 Å². The van der Waals surface area contributed by atoms with E-state index in [0.717, 1.165) is 0 Å². The third-order valence-corrected chi connectivity index (χ3v) is 3.25. The van der Waals surface area contributed by atoms with Crippen LogP contribution < -0.4 is 0 Å². The van der Waals surface area contributed by atoms with Crippen LogP contribution in [0.3, 0.4) is 0 Å². The Morgan fingerprint density at radius 2 is 1.84 bits per heavy atom. The van der Waals surface area contributed by atoms with Crippen LogP contribution in [0.5, 0.6) is 5.75 Å². The maximum atomic E-state index is 10.8. The lowest BCUT2D eigenvalue weighted by Crippen LogP contribution is -2.34. The molecule has 0 amide bonds. The average molecular weight is 334 g/mol. The smallest absolute Gasteiger partial charge is 0.150 e. The van der Waals surface area contributed by atoms with E-state index in [0.29, 0.717) is 16.3 Å². The topological polar surface area (TPSA) is 101 Å². The fraction of sp³-hybridized carbons (Fsp3) is 0.417. The number of nitrogens with zero attached hydrogens (tertiary/aromatic N) is 1.